The standard InChI is InChI=1S/C18H18FNO3S/c19-24(22,23)13-14-11-17(21)20(12-14)18(15-7-3-1-4-8-15)16-9-5-2-6-10-16/h1-10,14,18H,11-13H2. The Bertz CT molecular complexity index is 769. The van der Waals surface area contributed by atoms with E-state index in [0.717, 1.165) is 11.1 Å². The van der Waals surface area contributed by atoms with Crippen LogP contribution in [-0.4, -0.2) is 31.5 Å². The van der Waals surface area contributed by atoms with Crippen LogP contribution in [0.3, 0.4) is 0 Å². The molecule has 1 atom stereocenters. The summed E-state index contributed by atoms with van der Waals surface area (Å²) in [6, 6.07) is 18.8. The largest absolute Gasteiger partial charge is 0.331 e. The molecule has 0 aromatic heterocycles. The smallest absolute Gasteiger partial charge is 0.302 e. The lowest BCUT2D eigenvalue weighted by Crippen LogP contribution is -2.31. The summed E-state index contributed by atoms with van der Waals surface area (Å²) in [5.41, 5.74) is 1.89. The van der Waals surface area contributed by atoms with Crippen molar-refractivity contribution in [3.05, 3.63) is 71.8 Å². The monoisotopic (exact) mass is 347 g/mol. The van der Waals surface area contributed by atoms with E-state index in [9.17, 15) is 17.1 Å². The van der Waals surface area contributed by atoms with Crippen LogP contribution in [0.1, 0.15) is 23.6 Å². The molecule has 1 amide bonds. The van der Waals surface area contributed by atoms with E-state index < -0.39 is 21.9 Å². The van der Waals surface area contributed by atoms with E-state index in [-0.39, 0.29) is 24.9 Å². The number of nitrogens with zero attached hydrogens (tertiary/aromatic N) is 1. The molecule has 0 saturated carbocycles. The first-order chi connectivity index (χ1) is 11.4. The number of likely N-dealkylation sites (tertiary alicyclic amines) is 1. The van der Waals surface area contributed by atoms with Gasteiger partial charge in [-0.25, -0.2) is 0 Å². The number of amides is 1. The third-order valence-electron chi connectivity index (χ3n) is 4.22. The predicted octanol–water partition coefficient (Wildman–Crippen LogP) is 2.92. The van der Waals surface area contributed by atoms with Gasteiger partial charge in [0.25, 0.3) is 0 Å². The molecule has 1 aliphatic rings. The summed E-state index contributed by atoms with van der Waals surface area (Å²) in [6.45, 7) is 0.233. The number of carbonyl (C=O) groups excluding carboxylic acids is 1. The molecule has 0 bridgehead atoms. The quantitative estimate of drug-likeness (QED) is 0.782. The van der Waals surface area contributed by atoms with Crippen molar-refractivity contribution in [2.45, 2.75) is 12.5 Å². The summed E-state index contributed by atoms with van der Waals surface area (Å²) in [6.07, 6.45) is 0.0549. The molecule has 3 rings (SSSR count). The summed E-state index contributed by atoms with van der Waals surface area (Å²) in [5, 5.41) is 0. The van der Waals surface area contributed by atoms with Gasteiger partial charge in [0.2, 0.25) is 5.91 Å². The van der Waals surface area contributed by atoms with Crippen LogP contribution in [0.25, 0.3) is 0 Å². The van der Waals surface area contributed by atoms with Gasteiger partial charge in [0.05, 0.1) is 11.8 Å². The third-order valence-corrected chi connectivity index (χ3v) is 5.09. The Balaban J connectivity index is 1.93. The average molecular weight is 347 g/mol. The molecule has 0 spiro atoms. The molecule has 2 aromatic carbocycles. The van der Waals surface area contributed by atoms with Crippen molar-refractivity contribution in [3.63, 3.8) is 0 Å². The first-order valence-corrected chi connectivity index (χ1v) is 9.31. The molecule has 0 radical (unpaired) electrons. The summed E-state index contributed by atoms with van der Waals surface area (Å²) in [5.74, 6) is -1.27. The van der Waals surface area contributed by atoms with E-state index in [0.29, 0.717) is 0 Å². The highest BCUT2D eigenvalue weighted by molar-refractivity contribution is 7.86. The third kappa shape index (κ3) is 3.82. The van der Waals surface area contributed by atoms with E-state index in [1.54, 1.807) is 4.90 Å². The number of rotatable bonds is 5. The molecular weight excluding hydrogens is 329 g/mol. The van der Waals surface area contributed by atoms with Crippen LogP contribution in [0.2, 0.25) is 0 Å². The van der Waals surface area contributed by atoms with Crippen LogP contribution in [-0.2, 0) is 15.0 Å². The summed E-state index contributed by atoms with van der Waals surface area (Å²) in [7, 11) is -4.59. The van der Waals surface area contributed by atoms with E-state index >= 15 is 0 Å². The molecule has 4 nitrogen and oxygen atoms in total. The molecule has 1 heterocycles. The lowest BCUT2D eigenvalue weighted by Gasteiger charge is -2.29. The molecule has 126 valence electrons. The minimum absolute atomic E-state index is 0.0549. The van der Waals surface area contributed by atoms with Gasteiger partial charge < -0.3 is 4.90 Å². The number of hydrogen-bond acceptors (Lipinski definition) is 3. The lowest BCUT2D eigenvalue weighted by atomic mass is 9.97. The molecule has 1 aliphatic heterocycles. The molecule has 1 unspecified atom stereocenters. The Kier molecular flexibility index (Phi) is 4.66. The average Bonchev–Trinajstić information content (AvgIpc) is 2.88. The summed E-state index contributed by atoms with van der Waals surface area (Å²) >= 11 is 0. The van der Waals surface area contributed by atoms with Crippen molar-refractivity contribution in [3.8, 4) is 0 Å². The Labute approximate surface area is 141 Å². The highest BCUT2D eigenvalue weighted by Crippen LogP contribution is 2.34. The predicted molar refractivity (Wildman–Crippen MR) is 89.4 cm³/mol. The molecule has 0 N–H and O–H groups in total. The number of benzene rings is 2. The zero-order valence-corrected chi connectivity index (χ0v) is 13.8. The summed E-state index contributed by atoms with van der Waals surface area (Å²) < 4.78 is 34.8. The molecule has 6 heteroatoms. The maximum Gasteiger partial charge on any atom is 0.302 e. The van der Waals surface area contributed by atoms with Crippen molar-refractivity contribution < 1.29 is 17.1 Å². The normalized spacial score (nSPS) is 18.3. The van der Waals surface area contributed by atoms with Crippen LogP contribution in [0, 0.1) is 5.92 Å². The second-order valence-electron chi connectivity index (χ2n) is 6.05. The van der Waals surface area contributed by atoms with E-state index in [4.69, 9.17) is 0 Å². The zero-order valence-electron chi connectivity index (χ0n) is 13.0. The second kappa shape index (κ2) is 6.73. The van der Waals surface area contributed by atoms with Crippen LogP contribution in [0.5, 0.6) is 0 Å². The minimum atomic E-state index is -4.59. The summed E-state index contributed by atoms with van der Waals surface area (Å²) in [4.78, 5) is 14.1. The van der Waals surface area contributed by atoms with Crippen LogP contribution >= 0.6 is 0 Å². The first-order valence-electron chi connectivity index (χ1n) is 7.76. The topological polar surface area (TPSA) is 54.5 Å². The van der Waals surface area contributed by atoms with E-state index in [1.165, 1.54) is 0 Å². The molecule has 2 aromatic rings. The van der Waals surface area contributed by atoms with Crippen LogP contribution in [0.4, 0.5) is 3.89 Å². The maximum absolute atomic E-state index is 13.0. The number of halogens is 1. The Hall–Kier alpha value is -2.21. The van der Waals surface area contributed by atoms with Gasteiger partial charge in [-0.1, -0.05) is 60.7 Å². The van der Waals surface area contributed by atoms with E-state index in [1.807, 2.05) is 60.7 Å². The van der Waals surface area contributed by atoms with Gasteiger partial charge in [0.15, 0.2) is 0 Å². The van der Waals surface area contributed by atoms with Crippen molar-refractivity contribution in [2.24, 2.45) is 5.92 Å². The molecule has 24 heavy (non-hydrogen) atoms. The zero-order chi connectivity index (χ0) is 17.2. The number of carbonyl (C=O) groups is 1. The molecule has 1 saturated heterocycles. The van der Waals surface area contributed by atoms with Crippen molar-refractivity contribution in [2.75, 3.05) is 12.3 Å². The Morgan fingerprint density at radius 1 is 1.00 bits per heavy atom. The van der Waals surface area contributed by atoms with Gasteiger partial charge in [-0.15, -0.1) is 3.89 Å². The highest BCUT2D eigenvalue weighted by Gasteiger charge is 2.37. The van der Waals surface area contributed by atoms with Gasteiger partial charge in [-0.05, 0) is 11.1 Å². The Morgan fingerprint density at radius 2 is 1.50 bits per heavy atom. The van der Waals surface area contributed by atoms with Gasteiger partial charge in [-0.3, -0.25) is 4.79 Å². The van der Waals surface area contributed by atoms with Crippen molar-refractivity contribution >= 4 is 16.1 Å². The first kappa shape index (κ1) is 16.6. The highest BCUT2D eigenvalue weighted by atomic mass is 32.3. The molecule has 1 fully saturated rings. The fraction of sp³-hybridized carbons (Fsp3) is 0.278. The minimum Gasteiger partial charge on any atom is -0.331 e. The van der Waals surface area contributed by atoms with Crippen molar-refractivity contribution in [1.82, 2.24) is 4.90 Å². The van der Waals surface area contributed by atoms with Gasteiger partial charge >= 0.3 is 10.2 Å². The second-order valence-corrected chi connectivity index (χ2v) is 7.46. The van der Waals surface area contributed by atoms with Gasteiger partial charge in [0, 0.05) is 18.9 Å². The van der Waals surface area contributed by atoms with Gasteiger partial charge in [-0.2, -0.15) is 8.42 Å². The van der Waals surface area contributed by atoms with Gasteiger partial charge in [0.1, 0.15) is 0 Å². The molecule has 0 aliphatic carbocycles. The Morgan fingerprint density at radius 3 is 1.96 bits per heavy atom. The molecular formula is C18H18FNO3S. The van der Waals surface area contributed by atoms with Crippen LogP contribution in [0.15, 0.2) is 60.7 Å². The number of hydrogen-bond donors (Lipinski definition) is 0. The van der Waals surface area contributed by atoms with E-state index in [2.05, 4.69) is 0 Å². The van der Waals surface area contributed by atoms with Crippen LogP contribution < -0.4 is 0 Å². The lowest BCUT2D eigenvalue weighted by molar-refractivity contribution is -0.129. The fourth-order valence-electron chi connectivity index (χ4n) is 3.27. The fourth-order valence-corrected chi connectivity index (χ4v) is 4.06. The maximum atomic E-state index is 13.0. The van der Waals surface area contributed by atoms with Crippen molar-refractivity contribution in [1.29, 1.82) is 0 Å². The SMILES string of the molecule is O=C1CC(CS(=O)(=O)F)CN1C(c1ccccc1)c1ccccc1.